The van der Waals surface area contributed by atoms with Gasteiger partial charge in [0.15, 0.2) is 0 Å². The lowest BCUT2D eigenvalue weighted by atomic mass is 10.00. The Hall–Kier alpha value is -13.3. The fraction of sp³-hybridized carbons (Fsp3) is 0.0400. The average molecular weight is 1330 g/mol. The predicted molar refractivity (Wildman–Crippen MR) is 442 cm³/mol. The van der Waals surface area contributed by atoms with Crippen molar-refractivity contribution in [3.05, 3.63) is 386 Å². The number of aryl methyl sites for hydroxylation is 4. The number of aromatic nitrogens is 4. The molecule has 0 aliphatic heterocycles. The molecule has 0 unspecified atom stereocenters. The first-order valence-electron chi connectivity index (χ1n) is 36.0. The van der Waals surface area contributed by atoms with Gasteiger partial charge < -0.3 is 18.3 Å². The van der Waals surface area contributed by atoms with E-state index in [-0.39, 0.29) is 0 Å². The van der Waals surface area contributed by atoms with Crippen LogP contribution in [0, 0.1) is 27.7 Å². The predicted octanol–water partition coefficient (Wildman–Crippen LogP) is 27.0. The van der Waals surface area contributed by atoms with Crippen LogP contribution in [0.3, 0.4) is 0 Å². The molecule has 0 aliphatic carbocycles. The quantitative estimate of drug-likeness (QED) is 0.130. The smallest absolute Gasteiger partial charge is 0.0543 e. The Labute approximate surface area is 605 Å². The highest BCUT2D eigenvalue weighted by molar-refractivity contribution is 6.15. The van der Waals surface area contributed by atoms with Gasteiger partial charge in [0, 0.05) is 65.8 Å². The molecule has 4 heteroatoms. The third kappa shape index (κ3) is 10.9. The number of nitrogens with zero attached hydrogens (tertiary/aromatic N) is 4. The maximum absolute atomic E-state index is 2.43. The number of rotatable bonds is 10. The van der Waals surface area contributed by atoms with E-state index in [9.17, 15) is 0 Å². The summed E-state index contributed by atoms with van der Waals surface area (Å²) in [5.74, 6) is 0. The van der Waals surface area contributed by atoms with Gasteiger partial charge in [0.05, 0.1) is 44.1 Å². The first kappa shape index (κ1) is 61.8. The monoisotopic (exact) mass is 1330 g/mol. The summed E-state index contributed by atoms with van der Waals surface area (Å²) in [7, 11) is 0. The van der Waals surface area contributed by atoms with Gasteiger partial charge in [-0.2, -0.15) is 0 Å². The Morgan fingerprint density at radius 1 is 0.135 bits per heavy atom. The van der Waals surface area contributed by atoms with Gasteiger partial charge in [-0.05, 0) is 227 Å². The molecule has 4 aromatic heterocycles. The minimum atomic E-state index is 1.16. The highest BCUT2D eigenvalue weighted by Crippen LogP contribution is 2.43. The van der Waals surface area contributed by atoms with Crippen molar-refractivity contribution in [2.75, 3.05) is 0 Å². The van der Waals surface area contributed by atoms with Crippen LogP contribution in [0.25, 0.3) is 177 Å². The molecule has 0 fully saturated rings. The van der Waals surface area contributed by atoms with Crippen molar-refractivity contribution in [3.63, 3.8) is 0 Å². The second-order valence-electron chi connectivity index (χ2n) is 28.0. The van der Waals surface area contributed by atoms with Crippen molar-refractivity contribution < 1.29 is 0 Å². The Morgan fingerprint density at radius 3 is 0.692 bits per heavy atom. The van der Waals surface area contributed by atoms with E-state index in [0.717, 1.165) is 11.4 Å². The lowest BCUT2D eigenvalue weighted by Crippen LogP contribution is -1.95. The van der Waals surface area contributed by atoms with E-state index in [1.807, 2.05) is 0 Å². The van der Waals surface area contributed by atoms with Crippen molar-refractivity contribution >= 4 is 87.2 Å². The number of hydrogen-bond acceptors (Lipinski definition) is 0. The van der Waals surface area contributed by atoms with E-state index in [4.69, 9.17) is 0 Å². The Bertz CT molecular complexity index is 6330. The SMILES string of the molecule is Cc1ccc(-c2cccc(-n3c4ccccc4c4cc(-c5ccc6c(c5)c5ccccc5n6-c5cccc(-c6ccc(C)cc6)c5)ccc43)c2)cc1.Cc1ccc2c3cc(-c4ccc5c(c4)c4ccc(C)cc4n5-c4cccc(-c5ccccc5)c4)ccc3n(-c3cccc(-c4ccccc4)c3)c2c1. The van der Waals surface area contributed by atoms with Gasteiger partial charge in [0.2, 0.25) is 0 Å². The van der Waals surface area contributed by atoms with E-state index in [1.54, 1.807) is 0 Å². The van der Waals surface area contributed by atoms with Gasteiger partial charge in [-0.25, -0.2) is 0 Å². The summed E-state index contributed by atoms with van der Waals surface area (Å²) in [6, 6.07) is 134. The standard InChI is InChI=1S/2C50H36N2/c1-33-17-21-35(22-18-33)37-9-7-11-41(29-37)51-47-15-5-3-13-43(47)45-31-39(25-27-49(45)51)40-26-28-50-46(32-40)44-14-4-6-16-48(44)52(50)42-12-8-10-38(30-42)36-23-19-34(2)20-24-36;1-33-19-23-43-45-31-39(21-25-47(45)51(49(43)27-33)41-17-9-15-37(29-41)35-11-5-3-6-12-35)40-22-26-48-46(32-40)44-24-20-34(2)28-50(44)52(48)42-18-10-16-38(30-42)36-13-7-4-8-14-36/h2*3-32H,1-2H3. The maximum Gasteiger partial charge on any atom is 0.0543 e. The van der Waals surface area contributed by atoms with Crippen molar-refractivity contribution in [1.82, 2.24) is 18.3 Å². The summed E-state index contributed by atoms with van der Waals surface area (Å²) in [5.41, 5.74) is 34.0. The van der Waals surface area contributed by atoms with E-state index in [1.165, 1.54) is 188 Å². The zero-order valence-corrected chi connectivity index (χ0v) is 58.4. The van der Waals surface area contributed by atoms with E-state index in [0.29, 0.717) is 0 Å². The molecule has 16 aromatic carbocycles. The molecule has 492 valence electrons. The summed E-state index contributed by atoms with van der Waals surface area (Å²) in [6.07, 6.45) is 0. The minimum absolute atomic E-state index is 1.16. The van der Waals surface area contributed by atoms with Gasteiger partial charge in [-0.3, -0.25) is 0 Å². The molecule has 0 aliphatic rings. The van der Waals surface area contributed by atoms with Crippen LogP contribution in [0.5, 0.6) is 0 Å². The maximum atomic E-state index is 2.43. The third-order valence-electron chi connectivity index (χ3n) is 21.3. The molecule has 0 bridgehead atoms. The molecular formula is C100H72N4. The lowest BCUT2D eigenvalue weighted by molar-refractivity contribution is 1.18. The molecule has 0 spiro atoms. The van der Waals surface area contributed by atoms with Gasteiger partial charge >= 0.3 is 0 Å². The molecular weight excluding hydrogens is 1260 g/mol. The molecule has 20 aromatic rings. The highest BCUT2D eigenvalue weighted by Gasteiger charge is 2.21. The second-order valence-corrected chi connectivity index (χ2v) is 28.0. The molecule has 104 heavy (non-hydrogen) atoms. The number of hydrogen-bond donors (Lipinski definition) is 0. The van der Waals surface area contributed by atoms with Crippen molar-refractivity contribution in [3.8, 4) is 89.5 Å². The van der Waals surface area contributed by atoms with Gasteiger partial charge in [0.1, 0.15) is 0 Å². The number of fused-ring (bicyclic) bond motifs is 12. The first-order valence-corrected chi connectivity index (χ1v) is 36.0. The molecule has 0 saturated heterocycles. The van der Waals surface area contributed by atoms with Gasteiger partial charge in [0.25, 0.3) is 0 Å². The highest BCUT2D eigenvalue weighted by atomic mass is 15.0. The van der Waals surface area contributed by atoms with E-state index >= 15 is 0 Å². The van der Waals surface area contributed by atoms with Crippen LogP contribution in [0.1, 0.15) is 22.3 Å². The second kappa shape index (κ2) is 25.4. The van der Waals surface area contributed by atoms with Crippen LogP contribution in [0.15, 0.2) is 364 Å². The van der Waals surface area contributed by atoms with E-state index in [2.05, 4.69) is 410 Å². The van der Waals surface area contributed by atoms with E-state index < -0.39 is 0 Å². The summed E-state index contributed by atoms with van der Waals surface area (Å²) in [6.45, 7) is 8.63. The molecule has 0 saturated carbocycles. The van der Waals surface area contributed by atoms with Crippen LogP contribution in [0.2, 0.25) is 0 Å². The van der Waals surface area contributed by atoms with Crippen LogP contribution < -0.4 is 0 Å². The topological polar surface area (TPSA) is 19.7 Å². The Kier molecular flexibility index (Phi) is 15.1. The summed E-state index contributed by atoms with van der Waals surface area (Å²) < 4.78 is 9.68. The summed E-state index contributed by atoms with van der Waals surface area (Å²) in [5, 5.41) is 10.1. The summed E-state index contributed by atoms with van der Waals surface area (Å²) in [4.78, 5) is 0. The average Bonchev–Trinajstić information content (AvgIpc) is 1.60. The molecule has 0 N–H and O–H groups in total. The van der Waals surface area contributed by atoms with Gasteiger partial charge in [-0.15, -0.1) is 0 Å². The fourth-order valence-electron chi connectivity index (χ4n) is 16.1. The van der Waals surface area contributed by atoms with Gasteiger partial charge in [-0.1, -0.05) is 254 Å². The Balaban J connectivity index is 0.000000143. The van der Waals surface area contributed by atoms with Crippen LogP contribution in [-0.2, 0) is 0 Å². The molecule has 0 radical (unpaired) electrons. The Morgan fingerprint density at radius 2 is 0.365 bits per heavy atom. The fourth-order valence-corrected chi connectivity index (χ4v) is 16.1. The summed E-state index contributed by atoms with van der Waals surface area (Å²) >= 11 is 0. The first-order chi connectivity index (χ1) is 51.2. The molecule has 4 nitrogen and oxygen atoms in total. The normalized spacial score (nSPS) is 11.7. The zero-order chi connectivity index (χ0) is 69.5. The van der Waals surface area contributed by atoms with Crippen molar-refractivity contribution in [2.24, 2.45) is 0 Å². The minimum Gasteiger partial charge on any atom is -0.309 e. The number of para-hydroxylation sites is 2. The van der Waals surface area contributed by atoms with Crippen molar-refractivity contribution in [1.29, 1.82) is 0 Å². The lowest BCUT2D eigenvalue weighted by Gasteiger charge is -2.11. The van der Waals surface area contributed by atoms with Crippen LogP contribution in [-0.4, -0.2) is 18.3 Å². The van der Waals surface area contributed by atoms with Crippen molar-refractivity contribution in [2.45, 2.75) is 27.7 Å². The molecule has 4 heterocycles. The molecule has 0 amide bonds. The van der Waals surface area contributed by atoms with Crippen LogP contribution >= 0.6 is 0 Å². The van der Waals surface area contributed by atoms with Crippen LogP contribution in [0.4, 0.5) is 0 Å². The molecule has 20 rings (SSSR count). The largest absolute Gasteiger partial charge is 0.309 e. The zero-order valence-electron chi connectivity index (χ0n) is 58.4. The number of benzene rings is 16. The third-order valence-corrected chi connectivity index (χ3v) is 21.3. The molecule has 0 atom stereocenters.